The van der Waals surface area contributed by atoms with Gasteiger partial charge < -0.3 is 15.8 Å². The summed E-state index contributed by atoms with van der Waals surface area (Å²) < 4.78 is 5.33. The molecule has 1 aliphatic carbocycles. The molecule has 0 spiro atoms. The van der Waals surface area contributed by atoms with Crippen molar-refractivity contribution in [3.63, 3.8) is 0 Å². The van der Waals surface area contributed by atoms with Crippen LogP contribution in [0.2, 0.25) is 0 Å². The minimum absolute atomic E-state index is 0.00532. The van der Waals surface area contributed by atoms with Gasteiger partial charge in [0.05, 0.1) is 12.8 Å². The van der Waals surface area contributed by atoms with E-state index in [0.717, 1.165) is 11.4 Å². The Morgan fingerprint density at radius 1 is 1.44 bits per heavy atom. The minimum atomic E-state index is -0.00532. The molecule has 1 saturated carbocycles. The monoisotopic (exact) mass is 220 g/mol. The average molecular weight is 220 g/mol. The van der Waals surface area contributed by atoms with E-state index in [1.54, 1.807) is 7.11 Å². The Bertz CT molecular complexity index is 363. The van der Waals surface area contributed by atoms with E-state index >= 15 is 0 Å². The maximum Gasteiger partial charge on any atom is 0.141 e. The highest BCUT2D eigenvalue weighted by atomic mass is 16.5. The summed E-state index contributed by atoms with van der Waals surface area (Å²) in [4.78, 5) is 0. The lowest BCUT2D eigenvalue weighted by molar-refractivity contribution is 0.410. The lowest BCUT2D eigenvalue weighted by atomic mass is 9.95. The van der Waals surface area contributed by atoms with Crippen LogP contribution in [0.1, 0.15) is 19.8 Å². The van der Waals surface area contributed by atoms with Crippen LogP contribution in [0.3, 0.4) is 0 Å². The Labute approximate surface area is 97.0 Å². The van der Waals surface area contributed by atoms with Crippen LogP contribution in [0.15, 0.2) is 24.3 Å². The van der Waals surface area contributed by atoms with Crippen LogP contribution in [0.5, 0.6) is 5.75 Å². The summed E-state index contributed by atoms with van der Waals surface area (Å²) in [5.74, 6) is 1.57. The molecule has 0 heterocycles. The molecule has 0 aliphatic heterocycles. The number of hydrogen-bond donors (Lipinski definition) is 2. The molecule has 16 heavy (non-hydrogen) atoms. The van der Waals surface area contributed by atoms with Crippen LogP contribution in [0.25, 0.3) is 0 Å². The molecular formula is C13H20N2O. The number of benzene rings is 1. The highest BCUT2D eigenvalue weighted by molar-refractivity contribution is 5.58. The zero-order chi connectivity index (χ0) is 11.6. The third-order valence-electron chi connectivity index (χ3n) is 3.43. The fourth-order valence-corrected chi connectivity index (χ4v) is 2.10. The second-order valence-corrected chi connectivity index (χ2v) is 4.72. The van der Waals surface area contributed by atoms with Gasteiger partial charge in [-0.1, -0.05) is 12.1 Å². The number of nitrogens with two attached hydrogens (primary N) is 1. The van der Waals surface area contributed by atoms with Gasteiger partial charge in [0.2, 0.25) is 0 Å². The number of nitrogens with one attached hydrogen (secondary N) is 1. The molecule has 88 valence electrons. The van der Waals surface area contributed by atoms with Gasteiger partial charge in [0.1, 0.15) is 5.75 Å². The van der Waals surface area contributed by atoms with Crippen molar-refractivity contribution in [3.05, 3.63) is 24.3 Å². The van der Waals surface area contributed by atoms with E-state index < -0.39 is 0 Å². The average Bonchev–Trinajstić information content (AvgIpc) is 3.14. The Balaban J connectivity index is 2.18. The van der Waals surface area contributed by atoms with Crippen LogP contribution in [0, 0.1) is 5.92 Å². The van der Waals surface area contributed by atoms with E-state index in [2.05, 4.69) is 12.2 Å². The second kappa shape index (κ2) is 4.34. The fraction of sp³-hybridized carbons (Fsp3) is 0.538. The van der Waals surface area contributed by atoms with Crippen molar-refractivity contribution in [1.29, 1.82) is 0 Å². The molecule has 0 amide bonds. The summed E-state index contributed by atoms with van der Waals surface area (Å²) in [7, 11) is 1.69. The number of rotatable bonds is 5. The standard InChI is InChI=1S/C13H20N2O/c1-13(9-14,10-7-8-10)15-11-5-3-4-6-12(11)16-2/h3-6,10,15H,7-9,14H2,1-2H3. The molecule has 1 aliphatic rings. The van der Waals surface area contributed by atoms with Gasteiger partial charge in [-0.15, -0.1) is 0 Å². The zero-order valence-electron chi connectivity index (χ0n) is 9.99. The number of ether oxygens (including phenoxy) is 1. The van der Waals surface area contributed by atoms with Crippen molar-refractivity contribution in [2.75, 3.05) is 19.0 Å². The highest BCUT2D eigenvalue weighted by Gasteiger charge is 2.40. The van der Waals surface area contributed by atoms with E-state index in [0.29, 0.717) is 12.5 Å². The van der Waals surface area contributed by atoms with Crippen molar-refractivity contribution in [2.24, 2.45) is 11.7 Å². The first kappa shape index (κ1) is 11.3. The topological polar surface area (TPSA) is 47.3 Å². The molecule has 1 aromatic rings. The third-order valence-corrected chi connectivity index (χ3v) is 3.43. The third kappa shape index (κ3) is 2.14. The molecule has 1 unspecified atom stereocenters. The maximum atomic E-state index is 5.88. The van der Waals surface area contributed by atoms with Gasteiger partial charge in [0.15, 0.2) is 0 Å². The van der Waals surface area contributed by atoms with E-state index in [1.165, 1.54) is 12.8 Å². The summed E-state index contributed by atoms with van der Waals surface area (Å²) in [6.45, 7) is 2.84. The van der Waals surface area contributed by atoms with Gasteiger partial charge in [0.25, 0.3) is 0 Å². The Morgan fingerprint density at radius 3 is 2.69 bits per heavy atom. The molecule has 2 rings (SSSR count). The highest BCUT2D eigenvalue weighted by Crippen LogP contribution is 2.42. The fourth-order valence-electron chi connectivity index (χ4n) is 2.10. The molecule has 3 nitrogen and oxygen atoms in total. The molecule has 0 aromatic heterocycles. The first-order valence-electron chi connectivity index (χ1n) is 5.81. The van der Waals surface area contributed by atoms with Gasteiger partial charge in [-0.2, -0.15) is 0 Å². The molecule has 0 radical (unpaired) electrons. The molecule has 1 atom stereocenters. The second-order valence-electron chi connectivity index (χ2n) is 4.72. The molecule has 1 fully saturated rings. The van der Waals surface area contributed by atoms with Crippen LogP contribution in [-0.2, 0) is 0 Å². The summed E-state index contributed by atoms with van der Waals surface area (Å²) >= 11 is 0. The van der Waals surface area contributed by atoms with Gasteiger partial charge in [-0.3, -0.25) is 0 Å². The summed E-state index contributed by atoms with van der Waals surface area (Å²) in [5, 5.41) is 3.54. The van der Waals surface area contributed by atoms with Crippen LogP contribution in [0.4, 0.5) is 5.69 Å². The van der Waals surface area contributed by atoms with Crippen molar-refractivity contribution < 1.29 is 4.74 Å². The Morgan fingerprint density at radius 2 is 2.12 bits per heavy atom. The number of methoxy groups -OCH3 is 1. The molecule has 3 N–H and O–H groups in total. The van der Waals surface area contributed by atoms with Crippen molar-refractivity contribution in [2.45, 2.75) is 25.3 Å². The largest absolute Gasteiger partial charge is 0.495 e. The first-order valence-corrected chi connectivity index (χ1v) is 5.81. The first-order chi connectivity index (χ1) is 7.69. The molecule has 0 saturated heterocycles. The Hall–Kier alpha value is -1.22. The van der Waals surface area contributed by atoms with E-state index in [1.807, 2.05) is 24.3 Å². The van der Waals surface area contributed by atoms with Crippen molar-refractivity contribution >= 4 is 5.69 Å². The molecular weight excluding hydrogens is 200 g/mol. The van der Waals surface area contributed by atoms with Crippen LogP contribution >= 0.6 is 0 Å². The van der Waals surface area contributed by atoms with Crippen LogP contribution in [-0.4, -0.2) is 19.2 Å². The Kier molecular flexibility index (Phi) is 3.06. The summed E-state index contributed by atoms with van der Waals surface area (Å²) in [6, 6.07) is 7.98. The molecule has 1 aromatic carbocycles. The smallest absolute Gasteiger partial charge is 0.141 e. The molecule has 3 heteroatoms. The number of para-hydroxylation sites is 2. The van der Waals surface area contributed by atoms with Gasteiger partial charge >= 0.3 is 0 Å². The SMILES string of the molecule is COc1ccccc1NC(C)(CN)C1CC1. The van der Waals surface area contributed by atoms with Gasteiger partial charge in [-0.25, -0.2) is 0 Å². The quantitative estimate of drug-likeness (QED) is 0.800. The van der Waals surface area contributed by atoms with Crippen molar-refractivity contribution in [1.82, 2.24) is 0 Å². The summed E-state index contributed by atoms with van der Waals surface area (Å²) in [5.41, 5.74) is 6.91. The van der Waals surface area contributed by atoms with Gasteiger partial charge in [0, 0.05) is 12.1 Å². The lowest BCUT2D eigenvalue weighted by Gasteiger charge is -2.31. The van der Waals surface area contributed by atoms with Crippen LogP contribution < -0.4 is 15.8 Å². The van der Waals surface area contributed by atoms with E-state index in [4.69, 9.17) is 10.5 Å². The number of hydrogen-bond acceptors (Lipinski definition) is 3. The number of anilines is 1. The van der Waals surface area contributed by atoms with Gasteiger partial charge in [-0.05, 0) is 37.8 Å². The predicted octanol–water partition coefficient (Wildman–Crippen LogP) is 2.23. The summed E-state index contributed by atoms with van der Waals surface area (Å²) in [6.07, 6.45) is 2.55. The lowest BCUT2D eigenvalue weighted by Crippen LogP contribution is -2.44. The van der Waals surface area contributed by atoms with E-state index in [-0.39, 0.29) is 5.54 Å². The minimum Gasteiger partial charge on any atom is -0.495 e. The van der Waals surface area contributed by atoms with Crippen molar-refractivity contribution in [3.8, 4) is 5.75 Å². The predicted molar refractivity (Wildman–Crippen MR) is 66.8 cm³/mol. The zero-order valence-corrected chi connectivity index (χ0v) is 9.99. The maximum absolute atomic E-state index is 5.88. The molecule has 0 bridgehead atoms. The van der Waals surface area contributed by atoms with E-state index in [9.17, 15) is 0 Å². The normalized spacial score (nSPS) is 18.9.